The lowest BCUT2D eigenvalue weighted by atomic mass is 9.99. The molecule has 1 aliphatic rings. The molecule has 20 heavy (non-hydrogen) atoms. The highest BCUT2D eigenvalue weighted by Gasteiger charge is 2.28. The van der Waals surface area contributed by atoms with Gasteiger partial charge in [0.25, 0.3) is 0 Å². The standard InChI is InChI=1S/C15H22BrN3O/c1-2-18-10-11-6-7-12(16)9-14(11)19-8-4-3-5-13(19)15(17)20/h6-7,9,13,18H,2-5,8,10H2,1H3,(H2,17,20). The van der Waals surface area contributed by atoms with Crippen LogP contribution in [0.1, 0.15) is 31.7 Å². The van der Waals surface area contributed by atoms with Crippen molar-refractivity contribution in [2.24, 2.45) is 5.73 Å². The minimum Gasteiger partial charge on any atom is -0.368 e. The van der Waals surface area contributed by atoms with Gasteiger partial charge >= 0.3 is 0 Å². The van der Waals surface area contributed by atoms with Crippen LogP contribution >= 0.6 is 15.9 Å². The predicted molar refractivity (Wildman–Crippen MR) is 85.7 cm³/mol. The third-order valence-electron chi connectivity index (χ3n) is 3.75. The molecule has 1 atom stereocenters. The molecular weight excluding hydrogens is 318 g/mol. The van der Waals surface area contributed by atoms with Crippen LogP contribution < -0.4 is 16.0 Å². The van der Waals surface area contributed by atoms with Crippen LogP contribution in [-0.4, -0.2) is 25.0 Å². The van der Waals surface area contributed by atoms with E-state index >= 15 is 0 Å². The Hall–Kier alpha value is -1.07. The van der Waals surface area contributed by atoms with Gasteiger partial charge in [-0.25, -0.2) is 0 Å². The van der Waals surface area contributed by atoms with Gasteiger partial charge in [0.2, 0.25) is 5.91 Å². The molecule has 5 heteroatoms. The predicted octanol–water partition coefficient (Wildman–Crippen LogP) is 2.40. The van der Waals surface area contributed by atoms with Crippen molar-refractivity contribution in [3.05, 3.63) is 28.2 Å². The lowest BCUT2D eigenvalue weighted by molar-refractivity contribution is -0.119. The van der Waals surface area contributed by atoms with Crippen molar-refractivity contribution < 1.29 is 4.79 Å². The molecule has 0 radical (unpaired) electrons. The van der Waals surface area contributed by atoms with E-state index < -0.39 is 0 Å². The van der Waals surface area contributed by atoms with Gasteiger partial charge in [-0.2, -0.15) is 0 Å². The van der Waals surface area contributed by atoms with Gasteiger partial charge in [0.15, 0.2) is 0 Å². The average Bonchev–Trinajstić information content (AvgIpc) is 2.46. The summed E-state index contributed by atoms with van der Waals surface area (Å²) in [4.78, 5) is 13.9. The maximum Gasteiger partial charge on any atom is 0.240 e. The van der Waals surface area contributed by atoms with E-state index in [1.165, 1.54) is 5.56 Å². The number of piperidine rings is 1. The smallest absolute Gasteiger partial charge is 0.240 e. The first kappa shape index (κ1) is 15.3. The van der Waals surface area contributed by atoms with Crippen LogP contribution in [-0.2, 0) is 11.3 Å². The molecule has 0 aliphatic carbocycles. The summed E-state index contributed by atoms with van der Waals surface area (Å²) in [5, 5.41) is 3.35. The third kappa shape index (κ3) is 3.52. The molecule has 1 aromatic carbocycles. The Balaban J connectivity index is 2.32. The van der Waals surface area contributed by atoms with E-state index in [0.29, 0.717) is 0 Å². The van der Waals surface area contributed by atoms with E-state index in [9.17, 15) is 4.79 Å². The number of nitrogens with one attached hydrogen (secondary N) is 1. The van der Waals surface area contributed by atoms with E-state index in [1.807, 2.05) is 6.07 Å². The van der Waals surface area contributed by atoms with Gasteiger partial charge in [-0.05, 0) is 43.5 Å². The fraction of sp³-hybridized carbons (Fsp3) is 0.533. The first-order valence-electron chi connectivity index (χ1n) is 7.18. The lowest BCUT2D eigenvalue weighted by Gasteiger charge is -2.37. The number of benzene rings is 1. The highest BCUT2D eigenvalue weighted by Crippen LogP contribution is 2.30. The van der Waals surface area contributed by atoms with Crippen LogP contribution in [0.2, 0.25) is 0 Å². The van der Waals surface area contributed by atoms with Gasteiger partial charge in [-0.1, -0.05) is 28.9 Å². The van der Waals surface area contributed by atoms with E-state index in [4.69, 9.17) is 5.73 Å². The number of amides is 1. The molecule has 2 rings (SSSR count). The van der Waals surface area contributed by atoms with Gasteiger partial charge in [0.05, 0.1) is 0 Å². The fourth-order valence-electron chi connectivity index (χ4n) is 2.73. The molecule has 1 unspecified atom stereocenters. The highest BCUT2D eigenvalue weighted by molar-refractivity contribution is 9.10. The summed E-state index contributed by atoms with van der Waals surface area (Å²) >= 11 is 3.52. The van der Waals surface area contributed by atoms with Gasteiger partial charge in [0.1, 0.15) is 6.04 Å². The van der Waals surface area contributed by atoms with Crippen molar-refractivity contribution in [1.82, 2.24) is 5.32 Å². The molecule has 3 N–H and O–H groups in total. The Bertz CT molecular complexity index is 478. The van der Waals surface area contributed by atoms with E-state index in [2.05, 4.69) is 45.2 Å². The largest absolute Gasteiger partial charge is 0.368 e. The Labute approximate surface area is 128 Å². The molecule has 1 fully saturated rings. The van der Waals surface area contributed by atoms with Crippen LogP contribution in [0.25, 0.3) is 0 Å². The normalized spacial score (nSPS) is 19.1. The molecule has 1 aromatic rings. The van der Waals surface area contributed by atoms with Crippen molar-refractivity contribution in [1.29, 1.82) is 0 Å². The molecule has 1 heterocycles. The first-order chi connectivity index (χ1) is 9.63. The first-order valence-corrected chi connectivity index (χ1v) is 7.98. The van der Waals surface area contributed by atoms with Crippen LogP contribution in [0.15, 0.2) is 22.7 Å². The summed E-state index contributed by atoms with van der Waals surface area (Å²) in [6.07, 6.45) is 3.03. The second-order valence-corrected chi connectivity index (χ2v) is 6.08. The number of carbonyl (C=O) groups excluding carboxylic acids is 1. The minimum atomic E-state index is -0.223. The SMILES string of the molecule is CCNCc1ccc(Br)cc1N1CCCCC1C(N)=O. The third-order valence-corrected chi connectivity index (χ3v) is 4.25. The van der Waals surface area contributed by atoms with Crippen LogP contribution in [0.4, 0.5) is 5.69 Å². The Morgan fingerprint density at radius 1 is 1.50 bits per heavy atom. The molecule has 0 aromatic heterocycles. The monoisotopic (exact) mass is 339 g/mol. The topological polar surface area (TPSA) is 58.4 Å². The molecular formula is C15H22BrN3O. The van der Waals surface area contributed by atoms with E-state index in [0.717, 1.165) is 49.1 Å². The Morgan fingerprint density at radius 3 is 3.00 bits per heavy atom. The van der Waals surface area contributed by atoms with Crippen LogP contribution in [0.3, 0.4) is 0 Å². The molecule has 1 aliphatic heterocycles. The summed E-state index contributed by atoms with van der Waals surface area (Å²) < 4.78 is 1.03. The summed E-state index contributed by atoms with van der Waals surface area (Å²) in [5.74, 6) is -0.223. The number of primary amides is 1. The molecule has 4 nitrogen and oxygen atoms in total. The molecule has 0 spiro atoms. The number of halogens is 1. The van der Waals surface area contributed by atoms with Gasteiger partial charge in [-0.3, -0.25) is 4.79 Å². The van der Waals surface area contributed by atoms with Crippen molar-refractivity contribution in [2.75, 3.05) is 18.0 Å². The average molecular weight is 340 g/mol. The number of carbonyl (C=O) groups is 1. The number of nitrogens with zero attached hydrogens (tertiary/aromatic N) is 1. The van der Waals surface area contributed by atoms with E-state index in [1.54, 1.807) is 0 Å². The summed E-state index contributed by atoms with van der Waals surface area (Å²) in [7, 11) is 0. The van der Waals surface area contributed by atoms with Crippen molar-refractivity contribution in [3.63, 3.8) is 0 Å². The second kappa shape index (κ2) is 7.09. The Morgan fingerprint density at radius 2 is 2.30 bits per heavy atom. The number of rotatable bonds is 5. The lowest BCUT2D eigenvalue weighted by Crippen LogP contribution is -2.48. The summed E-state index contributed by atoms with van der Waals surface area (Å²) in [5.41, 5.74) is 7.90. The number of anilines is 1. The van der Waals surface area contributed by atoms with Crippen molar-refractivity contribution in [3.8, 4) is 0 Å². The zero-order valence-corrected chi connectivity index (χ0v) is 13.4. The number of hydrogen-bond donors (Lipinski definition) is 2. The molecule has 0 saturated carbocycles. The molecule has 0 bridgehead atoms. The zero-order valence-electron chi connectivity index (χ0n) is 11.9. The van der Waals surface area contributed by atoms with Crippen molar-refractivity contribution >= 4 is 27.5 Å². The molecule has 110 valence electrons. The quantitative estimate of drug-likeness (QED) is 0.865. The van der Waals surface area contributed by atoms with Crippen LogP contribution in [0, 0.1) is 0 Å². The second-order valence-electron chi connectivity index (χ2n) is 5.16. The zero-order chi connectivity index (χ0) is 14.5. The maximum absolute atomic E-state index is 11.7. The molecule has 1 saturated heterocycles. The van der Waals surface area contributed by atoms with Gasteiger partial charge < -0.3 is 16.0 Å². The van der Waals surface area contributed by atoms with Gasteiger partial charge in [0, 0.05) is 23.2 Å². The number of hydrogen-bond acceptors (Lipinski definition) is 3. The van der Waals surface area contributed by atoms with Crippen LogP contribution in [0.5, 0.6) is 0 Å². The van der Waals surface area contributed by atoms with E-state index in [-0.39, 0.29) is 11.9 Å². The maximum atomic E-state index is 11.7. The Kier molecular flexibility index (Phi) is 5.43. The minimum absolute atomic E-state index is 0.182. The number of nitrogens with two attached hydrogens (primary N) is 1. The summed E-state index contributed by atoms with van der Waals surface area (Å²) in [6, 6.07) is 6.06. The fourth-order valence-corrected chi connectivity index (χ4v) is 3.08. The van der Waals surface area contributed by atoms with Gasteiger partial charge in [-0.15, -0.1) is 0 Å². The van der Waals surface area contributed by atoms with Crippen molar-refractivity contribution in [2.45, 2.75) is 38.8 Å². The highest BCUT2D eigenvalue weighted by atomic mass is 79.9. The summed E-state index contributed by atoms with van der Waals surface area (Å²) in [6.45, 7) is 4.71. The molecule has 1 amide bonds.